The lowest BCUT2D eigenvalue weighted by molar-refractivity contribution is 0.00578. The third kappa shape index (κ3) is 4.10. The summed E-state index contributed by atoms with van der Waals surface area (Å²) in [6.45, 7) is 9.20. The van der Waals surface area contributed by atoms with Crippen LogP contribution in [-0.4, -0.2) is 59.2 Å². The SMILES string of the molecule is CC1(C)OB(c2cnc(OCOC(=O)N3CCCCC3)nc2)OC1(C)C. The van der Waals surface area contributed by atoms with Crippen LogP contribution in [0.25, 0.3) is 0 Å². The number of carbonyl (C=O) groups is 1. The van der Waals surface area contributed by atoms with E-state index in [0.717, 1.165) is 32.4 Å². The minimum atomic E-state index is -0.522. The van der Waals surface area contributed by atoms with Gasteiger partial charge in [0.2, 0.25) is 6.79 Å². The van der Waals surface area contributed by atoms with Crippen molar-refractivity contribution in [2.24, 2.45) is 0 Å². The Bertz CT molecular complexity index is 616. The number of amides is 1. The van der Waals surface area contributed by atoms with Gasteiger partial charge < -0.3 is 23.7 Å². The van der Waals surface area contributed by atoms with E-state index in [1.165, 1.54) is 0 Å². The van der Waals surface area contributed by atoms with Crippen molar-refractivity contribution in [3.8, 4) is 6.01 Å². The van der Waals surface area contributed by atoms with Crippen LogP contribution in [-0.2, 0) is 14.0 Å². The van der Waals surface area contributed by atoms with Crippen LogP contribution in [0.3, 0.4) is 0 Å². The number of nitrogens with zero attached hydrogens (tertiary/aromatic N) is 3. The second-order valence-corrected chi connectivity index (χ2v) is 7.61. The smallest absolute Gasteiger partial charge is 0.426 e. The van der Waals surface area contributed by atoms with E-state index in [1.807, 2.05) is 27.7 Å². The molecule has 0 unspecified atom stereocenters. The van der Waals surface area contributed by atoms with Crippen molar-refractivity contribution in [1.82, 2.24) is 14.9 Å². The van der Waals surface area contributed by atoms with E-state index in [2.05, 4.69) is 9.97 Å². The monoisotopic (exact) mass is 363 g/mol. The Hall–Kier alpha value is -1.87. The standard InChI is InChI=1S/C17H26BN3O5/c1-16(2)17(3,4)26-18(25-16)13-10-19-14(20-11-13)23-12-24-15(22)21-8-6-5-7-9-21/h10-11H,5-9,12H2,1-4H3. The normalized spacial score (nSPS) is 21.5. The van der Waals surface area contributed by atoms with Crippen LogP contribution in [0.2, 0.25) is 0 Å². The highest BCUT2D eigenvalue weighted by Crippen LogP contribution is 2.36. The maximum atomic E-state index is 11.9. The lowest BCUT2D eigenvalue weighted by atomic mass is 9.81. The molecule has 1 aromatic rings. The van der Waals surface area contributed by atoms with Gasteiger partial charge in [0.25, 0.3) is 0 Å². The van der Waals surface area contributed by atoms with E-state index < -0.39 is 18.3 Å². The van der Waals surface area contributed by atoms with Crippen LogP contribution in [0.4, 0.5) is 4.79 Å². The van der Waals surface area contributed by atoms with Gasteiger partial charge in [0.15, 0.2) is 0 Å². The second-order valence-electron chi connectivity index (χ2n) is 7.61. The first-order valence-corrected chi connectivity index (χ1v) is 9.01. The molecular weight excluding hydrogens is 337 g/mol. The number of ether oxygens (including phenoxy) is 2. The van der Waals surface area contributed by atoms with E-state index >= 15 is 0 Å². The van der Waals surface area contributed by atoms with E-state index in [1.54, 1.807) is 17.3 Å². The van der Waals surface area contributed by atoms with Gasteiger partial charge in [0.1, 0.15) is 0 Å². The molecule has 142 valence electrons. The molecule has 9 heteroatoms. The molecular formula is C17H26BN3O5. The van der Waals surface area contributed by atoms with Gasteiger partial charge in [-0.15, -0.1) is 0 Å². The molecule has 2 saturated heterocycles. The van der Waals surface area contributed by atoms with Crippen molar-refractivity contribution in [3.63, 3.8) is 0 Å². The fourth-order valence-electron chi connectivity index (χ4n) is 2.80. The van der Waals surface area contributed by atoms with Gasteiger partial charge in [0, 0.05) is 30.9 Å². The van der Waals surface area contributed by atoms with E-state index in [4.69, 9.17) is 18.8 Å². The molecule has 1 amide bonds. The van der Waals surface area contributed by atoms with Crippen molar-refractivity contribution in [2.75, 3.05) is 19.9 Å². The maximum absolute atomic E-state index is 11.9. The summed E-state index contributed by atoms with van der Waals surface area (Å²) in [6.07, 6.45) is 6.01. The fourth-order valence-corrected chi connectivity index (χ4v) is 2.80. The number of carbonyl (C=O) groups excluding carboxylic acids is 1. The number of likely N-dealkylation sites (tertiary alicyclic amines) is 1. The Kier molecular flexibility index (Phi) is 5.38. The van der Waals surface area contributed by atoms with Crippen molar-refractivity contribution < 1.29 is 23.6 Å². The molecule has 2 aliphatic rings. The summed E-state index contributed by atoms with van der Waals surface area (Å²) in [7, 11) is -0.522. The van der Waals surface area contributed by atoms with E-state index in [0.29, 0.717) is 5.46 Å². The lowest BCUT2D eigenvalue weighted by Crippen LogP contribution is -2.41. The highest BCUT2D eigenvalue weighted by Gasteiger charge is 2.51. The largest absolute Gasteiger partial charge is 0.498 e. The molecule has 1 aromatic heterocycles. The number of piperidine rings is 1. The predicted octanol–water partition coefficient (Wildman–Crippen LogP) is 1.73. The molecule has 0 atom stereocenters. The molecule has 0 spiro atoms. The third-order valence-corrected chi connectivity index (χ3v) is 5.16. The lowest BCUT2D eigenvalue weighted by Gasteiger charge is -2.32. The molecule has 0 aromatic carbocycles. The predicted molar refractivity (Wildman–Crippen MR) is 95.1 cm³/mol. The van der Waals surface area contributed by atoms with Crippen molar-refractivity contribution in [3.05, 3.63) is 12.4 Å². The average molecular weight is 363 g/mol. The van der Waals surface area contributed by atoms with Gasteiger partial charge >= 0.3 is 19.2 Å². The zero-order valence-electron chi connectivity index (χ0n) is 15.9. The summed E-state index contributed by atoms with van der Waals surface area (Å²) in [6, 6.07) is 0.136. The number of rotatable bonds is 4. The molecule has 0 radical (unpaired) electrons. The number of hydrogen-bond donors (Lipinski definition) is 0. The van der Waals surface area contributed by atoms with E-state index in [-0.39, 0.29) is 18.9 Å². The van der Waals surface area contributed by atoms with Crippen LogP contribution in [0.5, 0.6) is 6.01 Å². The Morgan fingerprint density at radius 1 is 1.12 bits per heavy atom. The molecule has 0 N–H and O–H groups in total. The minimum absolute atomic E-state index is 0.136. The molecule has 3 heterocycles. The molecule has 0 bridgehead atoms. The van der Waals surface area contributed by atoms with Crippen LogP contribution in [0.15, 0.2) is 12.4 Å². The molecule has 8 nitrogen and oxygen atoms in total. The Morgan fingerprint density at radius 2 is 1.69 bits per heavy atom. The van der Waals surface area contributed by atoms with Crippen LogP contribution in [0, 0.1) is 0 Å². The zero-order valence-corrected chi connectivity index (χ0v) is 15.9. The van der Waals surface area contributed by atoms with Crippen molar-refractivity contribution in [1.29, 1.82) is 0 Å². The number of hydrogen-bond acceptors (Lipinski definition) is 7. The fraction of sp³-hybridized carbons (Fsp3) is 0.706. The summed E-state index contributed by atoms with van der Waals surface area (Å²) in [5, 5.41) is 0. The van der Waals surface area contributed by atoms with Gasteiger partial charge in [-0.05, 0) is 47.0 Å². The van der Waals surface area contributed by atoms with Crippen molar-refractivity contribution in [2.45, 2.75) is 58.2 Å². The quantitative estimate of drug-likeness (QED) is 0.595. The molecule has 3 rings (SSSR count). The Morgan fingerprint density at radius 3 is 2.27 bits per heavy atom. The highest BCUT2D eigenvalue weighted by molar-refractivity contribution is 6.61. The minimum Gasteiger partial charge on any atom is -0.426 e. The molecule has 26 heavy (non-hydrogen) atoms. The number of aromatic nitrogens is 2. The van der Waals surface area contributed by atoms with Crippen LogP contribution in [0.1, 0.15) is 47.0 Å². The molecule has 0 aliphatic carbocycles. The zero-order chi connectivity index (χ0) is 18.8. The third-order valence-electron chi connectivity index (χ3n) is 5.16. The van der Waals surface area contributed by atoms with Gasteiger partial charge in [-0.25, -0.2) is 14.8 Å². The summed E-state index contributed by atoms with van der Waals surface area (Å²) in [5.74, 6) is 0. The van der Waals surface area contributed by atoms with Gasteiger partial charge in [-0.1, -0.05) is 0 Å². The van der Waals surface area contributed by atoms with Crippen molar-refractivity contribution >= 4 is 18.7 Å². The van der Waals surface area contributed by atoms with Crippen LogP contribution >= 0.6 is 0 Å². The van der Waals surface area contributed by atoms with Gasteiger partial charge in [-0.3, -0.25) is 0 Å². The van der Waals surface area contributed by atoms with Crippen LogP contribution < -0.4 is 10.2 Å². The molecule has 0 saturated carbocycles. The van der Waals surface area contributed by atoms with Gasteiger partial charge in [-0.2, -0.15) is 0 Å². The summed E-state index contributed by atoms with van der Waals surface area (Å²) in [5.41, 5.74) is -0.133. The second kappa shape index (κ2) is 7.40. The summed E-state index contributed by atoms with van der Waals surface area (Å²) < 4.78 is 22.3. The first kappa shape index (κ1) is 18.9. The Labute approximate surface area is 154 Å². The van der Waals surface area contributed by atoms with Gasteiger partial charge in [0.05, 0.1) is 11.2 Å². The first-order valence-electron chi connectivity index (χ1n) is 9.01. The Balaban J connectivity index is 1.48. The van der Waals surface area contributed by atoms with E-state index in [9.17, 15) is 4.79 Å². The summed E-state index contributed by atoms with van der Waals surface area (Å²) >= 11 is 0. The topological polar surface area (TPSA) is 83.0 Å². The highest BCUT2D eigenvalue weighted by atomic mass is 16.7. The summed E-state index contributed by atoms with van der Waals surface area (Å²) in [4.78, 5) is 21.8. The molecule has 2 fully saturated rings. The molecule has 2 aliphatic heterocycles. The average Bonchev–Trinajstić information content (AvgIpc) is 2.84. The first-order chi connectivity index (χ1) is 12.3. The maximum Gasteiger partial charge on any atom is 0.498 e.